The highest BCUT2D eigenvalue weighted by molar-refractivity contribution is 8.13. The van der Waals surface area contributed by atoms with Gasteiger partial charge in [0.2, 0.25) is 0 Å². The van der Waals surface area contributed by atoms with Gasteiger partial charge < -0.3 is 4.57 Å². The second-order valence-corrected chi connectivity index (χ2v) is 8.16. The van der Waals surface area contributed by atoms with Crippen LogP contribution in [-0.2, 0) is 4.79 Å². The van der Waals surface area contributed by atoms with Crippen LogP contribution in [-0.4, -0.2) is 14.7 Å². The number of thioether (sulfide) groups is 1. The summed E-state index contributed by atoms with van der Waals surface area (Å²) < 4.78 is 1.84. The van der Waals surface area contributed by atoms with Crippen LogP contribution in [0.2, 0.25) is 5.02 Å². The van der Waals surface area contributed by atoms with Crippen molar-refractivity contribution in [3.05, 3.63) is 53.6 Å². The lowest BCUT2D eigenvalue weighted by molar-refractivity contribution is -0.115. The fraction of sp³-hybridized carbons (Fsp3) is 0.444. The van der Waals surface area contributed by atoms with Crippen LogP contribution in [0, 0.1) is 5.92 Å². The van der Waals surface area contributed by atoms with E-state index >= 15 is 0 Å². The highest BCUT2D eigenvalue weighted by Crippen LogP contribution is 2.44. The van der Waals surface area contributed by atoms with Gasteiger partial charge in [-0.3, -0.25) is 4.79 Å². The summed E-state index contributed by atoms with van der Waals surface area (Å²) in [6.07, 6.45) is 10.7. The van der Waals surface area contributed by atoms with E-state index in [0.29, 0.717) is 5.02 Å². The molecule has 2 aromatic rings. The minimum Gasteiger partial charge on any atom is -0.319 e. The maximum absolute atomic E-state index is 12.8. The summed E-state index contributed by atoms with van der Waals surface area (Å²) in [5, 5.41) is 0.753. The maximum atomic E-state index is 12.8. The molecule has 2 unspecified atom stereocenters. The van der Waals surface area contributed by atoms with Crippen LogP contribution in [0.1, 0.15) is 48.4 Å². The third-order valence-corrected chi connectivity index (χ3v) is 6.67. The van der Waals surface area contributed by atoms with E-state index in [1.165, 1.54) is 18.2 Å². The fourth-order valence-corrected chi connectivity index (χ4v) is 4.83. The normalized spacial score (nSPS) is 18.2. The fourth-order valence-electron chi connectivity index (χ4n) is 3.07. The number of hydrogen-bond acceptors (Lipinski definition) is 3. The summed E-state index contributed by atoms with van der Waals surface area (Å²) in [4.78, 5) is 16.8. The molecule has 2 atom stereocenters. The molecule has 1 heterocycles. The molecule has 0 N–H and O–H groups in total. The smallest absolute Gasteiger partial charge is 0.192 e. The maximum Gasteiger partial charge on any atom is 0.192 e. The van der Waals surface area contributed by atoms with Gasteiger partial charge in [0.1, 0.15) is 5.50 Å². The van der Waals surface area contributed by atoms with Gasteiger partial charge in [0.05, 0.1) is 11.6 Å². The number of aromatic nitrogens is 2. The lowest BCUT2D eigenvalue weighted by Gasteiger charge is -2.26. The van der Waals surface area contributed by atoms with Crippen molar-refractivity contribution in [1.29, 1.82) is 0 Å². The first-order valence-electron chi connectivity index (χ1n) is 8.22. The Bertz CT molecular complexity index is 654. The van der Waals surface area contributed by atoms with E-state index in [1.54, 1.807) is 12.5 Å². The van der Waals surface area contributed by atoms with E-state index in [1.807, 2.05) is 35.0 Å². The van der Waals surface area contributed by atoms with Gasteiger partial charge in [0.15, 0.2) is 5.12 Å². The molecule has 0 radical (unpaired) electrons. The molecule has 1 aromatic heterocycles. The Morgan fingerprint density at radius 1 is 1.21 bits per heavy atom. The average Bonchev–Trinajstić information content (AvgIpc) is 3.15. The van der Waals surface area contributed by atoms with E-state index in [9.17, 15) is 4.79 Å². The summed E-state index contributed by atoms with van der Waals surface area (Å²) in [7, 11) is 0. The molecule has 128 valence electrons. The van der Waals surface area contributed by atoms with Crippen molar-refractivity contribution in [3.63, 3.8) is 0 Å². The topological polar surface area (TPSA) is 34.9 Å². The zero-order valence-electron chi connectivity index (χ0n) is 13.3. The third kappa shape index (κ3) is 4.35. The van der Waals surface area contributed by atoms with Gasteiger partial charge in [0.25, 0.3) is 0 Å². The van der Waals surface area contributed by atoms with Crippen LogP contribution in [0.25, 0.3) is 0 Å². The first-order valence-corrected chi connectivity index (χ1v) is 9.92. The van der Waals surface area contributed by atoms with Gasteiger partial charge in [-0.2, -0.15) is 0 Å². The van der Waals surface area contributed by atoms with Crippen LogP contribution in [0.5, 0.6) is 0 Å². The Labute approximate surface area is 156 Å². The second kappa shape index (κ2) is 8.41. The number of carbonyl (C=O) groups is 1. The predicted molar refractivity (Wildman–Crippen MR) is 100 cm³/mol. The van der Waals surface area contributed by atoms with Crippen molar-refractivity contribution in [2.75, 3.05) is 0 Å². The summed E-state index contributed by atoms with van der Waals surface area (Å²) in [6.45, 7) is 0. The van der Waals surface area contributed by atoms with Crippen LogP contribution < -0.4 is 0 Å². The Morgan fingerprint density at radius 2 is 1.92 bits per heavy atom. The summed E-state index contributed by atoms with van der Waals surface area (Å²) in [5.74, 6) is 0.158. The zero-order chi connectivity index (χ0) is 16.9. The molecule has 3 nitrogen and oxygen atoms in total. The van der Waals surface area contributed by atoms with Crippen molar-refractivity contribution < 1.29 is 4.79 Å². The first-order chi connectivity index (χ1) is 11.6. The number of halogens is 2. The number of nitrogens with zero attached hydrogens (tertiary/aromatic N) is 2. The number of alkyl halides is 1. The molecule has 24 heavy (non-hydrogen) atoms. The van der Waals surface area contributed by atoms with Gasteiger partial charge in [-0.1, -0.05) is 66.4 Å². The Morgan fingerprint density at radius 3 is 2.54 bits per heavy atom. The molecule has 3 rings (SSSR count). The molecule has 1 aromatic carbocycles. The van der Waals surface area contributed by atoms with Crippen molar-refractivity contribution in [2.45, 2.75) is 42.9 Å². The molecule has 0 saturated heterocycles. The Kier molecular flexibility index (Phi) is 6.25. The van der Waals surface area contributed by atoms with Gasteiger partial charge >= 0.3 is 0 Å². The average molecular weight is 383 g/mol. The van der Waals surface area contributed by atoms with E-state index in [-0.39, 0.29) is 21.8 Å². The number of benzene rings is 1. The standard InChI is InChI=1S/C18H20Cl2N2OS/c19-15-8-6-13(7-9-15)16(17(20)22-11-10-21-12-22)24-18(23)14-4-2-1-3-5-14/h6-12,14,16-17H,1-5H2. The lowest BCUT2D eigenvalue weighted by atomic mass is 9.90. The van der Waals surface area contributed by atoms with Crippen molar-refractivity contribution in [3.8, 4) is 0 Å². The zero-order valence-corrected chi connectivity index (χ0v) is 15.6. The minimum absolute atomic E-state index is 0.158. The van der Waals surface area contributed by atoms with Gasteiger partial charge in [0, 0.05) is 23.3 Å². The van der Waals surface area contributed by atoms with Gasteiger partial charge in [-0.15, -0.1) is 0 Å². The molecular formula is C18H20Cl2N2OS. The molecule has 6 heteroatoms. The molecule has 1 aliphatic carbocycles. The molecule has 1 aliphatic rings. The SMILES string of the molecule is O=C(SC(c1ccc(Cl)cc1)C(Cl)n1ccnc1)C1CCCCC1. The van der Waals surface area contributed by atoms with Crippen LogP contribution >= 0.6 is 35.0 Å². The molecule has 0 aliphatic heterocycles. The summed E-state index contributed by atoms with van der Waals surface area (Å²) in [6, 6.07) is 7.57. The van der Waals surface area contributed by atoms with Crippen molar-refractivity contribution in [1.82, 2.24) is 9.55 Å². The highest BCUT2D eigenvalue weighted by Gasteiger charge is 2.30. The Hall–Kier alpha value is -0.970. The van der Waals surface area contributed by atoms with Crippen molar-refractivity contribution in [2.24, 2.45) is 5.92 Å². The second-order valence-electron chi connectivity index (χ2n) is 6.13. The summed E-state index contributed by atoms with van der Waals surface area (Å²) in [5.41, 5.74) is 0.619. The highest BCUT2D eigenvalue weighted by atomic mass is 35.5. The predicted octanol–water partition coefficient (Wildman–Crippen LogP) is 5.86. The van der Waals surface area contributed by atoms with Crippen molar-refractivity contribution >= 4 is 40.1 Å². The number of hydrogen-bond donors (Lipinski definition) is 0. The summed E-state index contributed by atoms with van der Waals surface area (Å²) >= 11 is 14.0. The van der Waals surface area contributed by atoms with Crippen LogP contribution in [0.4, 0.5) is 0 Å². The minimum atomic E-state index is -0.383. The molecule has 0 bridgehead atoms. The first kappa shape index (κ1) is 17.8. The lowest BCUT2D eigenvalue weighted by Crippen LogP contribution is -2.18. The quantitative estimate of drug-likeness (QED) is 0.607. The van der Waals surface area contributed by atoms with E-state index in [4.69, 9.17) is 23.2 Å². The third-order valence-electron chi connectivity index (χ3n) is 4.44. The number of rotatable bonds is 5. The molecule has 1 fully saturated rings. The van der Waals surface area contributed by atoms with Crippen LogP contribution in [0.3, 0.4) is 0 Å². The molecule has 0 spiro atoms. The van der Waals surface area contributed by atoms with Gasteiger partial charge in [-0.25, -0.2) is 4.98 Å². The molecule has 0 amide bonds. The van der Waals surface area contributed by atoms with E-state index < -0.39 is 0 Å². The molecule has 1 saturated carbocycles. The van der Waals surface area contributed by atoms with Crippen LogP contribution in [0.15, 0.2) is 43.0 Å². The monoisotopic (exact) mass is 382 g/mol. The van der Waals surface area contributed by atoms with Gasteiger partial charge in [-0.05, 0) is 30.5 Å². The molecular weight excluding hydrogens is 363 g/mol. The Balaban J connectivity index is 1.81. The number of carbonyl (C=O) groups excluding carboxylic acids is 1. The van der Waals surface area contributed by atoms with E-state index in [0.717, 1.165) is 31.2 Å². The van der Waals surface area contributed by atoms with E-state index in [2.05, 4.69) is 4.98 Å². The number of imidazole rings is 1. The largest absolute Gasteiger partial charge is 0.319 e.